The fraction of sp³-hybridized carbons (Fsp3) is 0.500. The van der Waals surface area contributed by atoms with Gasteiger partial charge in [0.2, 0.25) is 0 Å². The molecular formula is C14H17Cl2NO2. The van der Waals surface area contributed by atoms with Crippen LogP contribution in [0.1, 0.15) is 22.8 Å². The molecule has 1 saturated heterocycles. The second kappa shape index (κ2) is 6.12. The van der Waals surface area contributed by atoms with Crippen LogP contribution in [0.5, 0.6) is 0 Å². The minimum absolute atomic E-state index is 0.00526. The van der Waals surface area contributed by atoms with E-state index in [9.17, 15) is 4.79 Å². The maximum absolute atomic E-state index is 12.5. The number of ether oxygens (including phenoxy) is 1. The van der Waals surface area contributed by atoms with E-state index in [-0.39, 0.29) is 18.1 Å². The highest BCUT2D eigenvalue weighted by atomic mass is 35.5. The lowest BCUT2D eigenvalue weighted by Gasteiger charge is -2.37. The van der Waals surface area contributed by atoms with Gasteiger partial charge < -0.3 is 9.64 Å². The molecule has 1 aliphatic heterocycles. The number of morpholine rings is 1. The molecule has 104 valence electrons. The Kier molecular flexibility index (Phi) is 4.71. The highest BCUT2D eigenvalue weighted by molar-refractivity contribution is 6.31. The Balaban J connectivity index is 2.19. The largest absolute Gasteiger partial charge is 0.373 e. The predicted molar refractivity (Wildman–Crippen MR) is 77.1 cm³/mol. The summed E-state index contributed by atoms with van der Waals surface area (Å²) in [5.41, 5.74) is 1.56. The molecule has 2 rings (SSSR count). The molecule has 0 aliphatic carbocycles. The van der Waals surface area contributed by atoms with Crippen LogP contribution in [0, 0.1) is 6.92 Å². The van der Waals surface area contributed by atoms with Crippen molar-refractivity contribution >= 4 is 29.1 Å². The number of hydrogen-bond donors (Lipinski definition) is 0. The number of aryl methyl sites for hydroxylation is 1. The lowest BCUT2D eigenvalue weighted by Crippen LogP contribution is -2.51. The van der Waals surface area contributed by atoms with Crippen LogP contribution < -0.4 is 0 Å². The Morgan fingerprint density at radius 2 is 2.26 bits per heavy atom. The molecule has 2 atom stereocenters. The predicted octanol–water partition coefficient (Wildman–Crippen LogP) is 3.12. The molecule has 0 N–H and O–H groups in total. The van der Waals surface area contributed by atoms with Crippen molar-refractivity contribution in [1.29, 1.82) is 0 Å². The summed E-state index contributed by atoms with van der Waals surface area (Å²) in [5.74, 6) is 0.404. The van der Waals surface area contributed by atoms with Gasteiger partial charge in [-0.05, 0) is 37.6 Å². The lowest BCUT2D eigenvalue weighted by molar-refractivity contribution is -0.0371. The molecule has 0 radical (unpaired) electrons. The number of carbonyl (C=O) groups is 1. The second-order valence-electron chi connectivity index (χ2n) is 4.88. The van der Waals surface area contributed by atoms with Crippen molar-refractivity contribution < 1.29 is 9.53 Å². The molecule has 1 heterocycles. The van der Waals surface area contributed by atoms with Gasteiger partial charge >= 0.3 is 0 Å². The standard InChI is InChI=1S/C14H17Cl2NO2/c1-9-5-11(3-4-13(9)16)14(18)17-7-12(6-15)19-8-10(17)2/h3-5,10,12H,6-8H2,1-2H3. The lowest BCUT2D eigenvalue weighted by atomic mass is 10.1. The van der Waals surface area contributed by atoms with Gasteiger partial charge in [0, 0.05) is 17.1 Å². The van der Waals surface area contributed by atoms with Gasteiger partial charge in [0.15, 0.2) is 0 Å². The summed E-state index contributed by atoms with van der Waals surface area (Å²) in [7, 11) is 0. The topological polar surface area (TPSA) is 29.5 Å². The Morgan fingerprint density at radius 1 is 1.53 bits per heavy atom. The van der Waals surface area contributed by atoms with Crippen molar-refractivity contribution in [3.05, 3.63) is 34.3 Å². The SMILES string of the molecule is Cc1cc(C(=O)N2CC(CCl)OCC2C)ccc1Cl. The van der Waals surface area contributed by atoms with Gasteiger partial charge in [-0.1, -0.05) is 11.6 Å². The number of halogens is 2. The Hall–Kier alpha value is -0.770. The van der Waals surface area contributed by atoms with E-state index in [1.54, 1.807) is 12.1 Å². The molecule has 0 aromatic heterocycles. The van der Waals surface area contributed by atoms with Crippen LogP contribution in [-0.4, -0.2) is 42.0 Å². The summed E-state index contributed by atoms with van der Waals surface area (Å²) in [6, 6.07) is 5.40. The van der Waals surface area contributed by atoms with Crippen molar-refractivity contribution in [1.82, 2.24) is 4.90 Å². The van der Waals surface area contributed by atoms with Gasteiger partial charge in [-0.25, -0.2) is 0 Å². The number of hydrogen-bond acceptors (Lipinski definition) is 2. The fourth-order valence-electron chi connectivity index (χ4n) is 2.14. The van der Waals surface area contributed by atoms with Crippen LogP contribution in [0.4, 0.5) is 0 Å². The summed E-state index contributed by atoms with van der Waals surface area (Å²) in [6.45, 7) is 4.93. The normalized spacial score (nSPS) is 23.5. The summed E-state index contributed by atoms with van der Waals surface area (Å²) in [4.78, 5) is 14.3. The zero-order chi connectivity index (χ0) is 14.0. The summed E-state index contributed by atoms with van der Waals surface area (Å²) >= 11 is 11.8. The van der Waals surface area contributed by atoms with E-state index in [2.05, 4.69) is 0 Å². The van der Waals surface area contributed by atoms with Gasteiger partial charge in [0.25, 0.3) is 5.91 Å². The van der Waals surface area contributed by atoms with Gasteiger partial charge in [-0.2, -0.15) is 0 Å². The van der Waals surface area contributed by atoms with Gasteiger partial charge in [0.1, 0.15) is 0 Å². The molecule has 0 saturated carbocycles. The molecule has 3 nitrogen and oxygen atoms in total. The third kappa shape index (κ3) is 3.22. The van der Waals surface area contributed by atoms with E-state index < -0.39 is 0 Å². The highest BCUT2D eigenvalue weighted by Crippen LogP contribution is 2.20. The van der Waals surface area contributed by atoms with Gasteiger partial charge in [-0.3, -0.25) is 4.79 Å². The van der Waals surface area contributed by atoms with Crippen molar-refractivity contribution in [3.63, 3.8) is 0 Å². The zero-order valence-corrected chi connectivity index (χ0v) is 12.5. The Labute approximate surface area is 123 Å². The first-order valence-corrected chi connectivity index (χ1v) is 7.19. The van der Waals surface area contributed by atoms with Gasteiger partial charge in [0.05, 0.1) is 24.6 Å². The van der Waals surface area contributed by atoms with Crippen LogP contribution in [0.15, 0.2) is 18.2 Å². The molecule has 2 unspecified atom stereocenters. The molecule has 19 heavy (non-hydrogen) atoms. The van der Waals surface area contributed by atoms with E-state index in [4.69, 9.17) is 27.9 Å². The molecule has 1 amide bonds. The highest BCUT2D eigenvalue weighted by Gasteiger charge is 2.29. The van der Waals surface area contributed by atoms with E-state index in [0.29, 0.717) is 29.6 Å². The van der Waals surface area contributed by atoms with Crippen LogP contribution in [0.3, 0.4) is 0 Å². The average molecular weight is 302 g/mol. The summed E-state index contributed by atoms with van der Waals surface area (Å²) in [6.07, 6.45) is -0.0878. The minimum atomic E-state index is -0.0878. The van der Waals surface area contributed by atoms with Crippen molar-refractivity contribution in [2.75, 3.05) is 19.0 Å². The second-order valence-corrected chi connectivity index (χ2v) is 5.60. The van der Waals surface area contributed by atoms with Crippen molar-refractivity contribution in [3.8, 4) is 0 Å². The van der Waals surface area contributed by atoms with E-state index in [1.165, 1.54) is 0 Å². The van der Waals surface area contributed by atoms with E-state index >= 15 is 0 Å². The Bertz CT molecular complexity index is 479. The fourth-order valence-corrected chi connectivity index (χ4v) is 2.44. The maximum atomic E-state index is 12.5. The first-order chi connectivity index (χ1) is 9.02. The molecule has 1 aliphatic rings. The summed E-state index contributed by atoms with van der Waals surface area (Å²) < 4.78 is 5.55. The van der Waals surface area contributed by atoms with Crippen LogP contribution in [0.25, 0.3) is 0 Å². The molecule has 0 bridgehead atoms. The first-order valence-electron chi connectivity index (χ1n) is 6.27. The Morgan fingerprint density at radius 3 is 2.89 bits per heavy atom. The quantitative estimate of drug-likeness (QED) is 0.786. The first kappa shape index (κ1) is 14.6. The van der Waals surface area contributed by atoms with Crippen molar-refractivity contribution in [2.45, 2.75) is 26.0 Å². The van der Waals surface area contributed by atoms with E-state index in [0.717, 1.165) is 5.56 Å². The summed E-state index contributed by atoms with van der Waals surface area (Å²) in [5, 5.41) is 0.671. The average Bonchev–Trinajstić information content (AvgIpc) is 2.41. The number of nitrogens with zero attached hydrogens (tertiary/aromatic N) is 1. The van der Waals surface area contributed by atoms with Crippen molar-refractivity contribution in [2.24, 2.45) is 0 Å². The number of benzene rings is 1. The maximum Gasteiger partial charge on any atom is 0.254 e. The van der Waals surface area contributed by atoms with E-state index in [1.807, 2.05) is 24.8 Å². The minimum Gasteiger partial charge on any atom is -0.373 e. The molecule has 5 heteroatoms. The monoisotopic (exact) mass is 301 g/mol. The molecule has 1 aromatic rings. The molecule has 0 spiro atoms. The number of carbonyl (C=O) groups excluding carboxylic acids is 1. The van der Waals surface area contributed by atoms with Gasteiger partial charge in [-0.15, -0.1) is 11.6 Å². The number of rotatable bonds is 2. The molecular weight excluding hydrogens is 285 g/mol. The van der Waals surface area contributed by atoms with Crippen LogP contribution in [-0.2, 0) is 4.74 Å². The third-order valence-corrected chi connectivity index (χ3v) is 4.11. The zero-order valence-electron chi connectivity index (χ0n) is 11.0. The van der Waals surface area contributed by atoms with Crippen LogP contribution in [0.2, 0.25) is 5.02 Å². The number of alkyl halides is 1. The third-order valence-electron chi connectivity index (χ3n) is 3.34. The molecule has 1 fully saturated rings. The number of amides is 1. The van der Waals surface area contributed by atoms with Crippen LogP contribution >= 0.6 is 23.2 Å². The molecule has 1 aromatic carbocycles. The smallest absolute Gasteiger partial charge is 0.254 e.